The largest absolute Gasteiger partial charge is 0.320 e. The fourth-order valence-electron chi connectivity index (χ4n) is 1.62. The van der Waals surface area contributed by atoms with Gasteiger partial charge in [-0.2, -0.15) is 0 Å². The normalized spacial score (nSPS) is 12.2. The van der Waals surface area contributed by atoms with E-state index in [9.17, 15) is 4.79 Å². The lowest BCUT2D eigenvalue weighted by Gasteiger charge is -2.13. The zero-order valence-electron chi connectivity index (χ0n) is 10.0. The van der Waals surface area contributed by atoms with Crippen molar-refractivity contribution in [3.8, 4) is 0 Å². The monoisotopic (exact) mass is 221 g/mol. The lowest BCUT2D eigenvalue weighted by Crippen LogP contribution is -2.46. The van der Waals surface area contributed by atoms with Gasteiger partial charge in [0.15, 0.2) is 0 Å². The molecular formula is C12H19N3O. The topological polar surface area (TPSA) is 67.1 Å². The van der Waals surface area contributed by atoms with Crippen LogP contribution in [0.2, 0.25) is 0 Å². The van der Waals surface area contributed by atoms with Gasteiger partial charge in [0.05, 0.1) is 6.04 Å². The molecular weight excluding hydrogens is 202 g/mol. The minimum absolute atomic E-state index is 0.192. The van der Waals surface area contributed by atoms with E-state index in [1.807, 2.05) is 26.0 Å². The molecule has 0 aliphatic carbocycles. The number of rotatable bonds is 4. The second-order valence-electron chi connectivity index (χ2n) is 3.98. The first-order valence-corrected chi connectivity index (χ1v) is 5.33. The quantitative estimate of drug-likeness (QED) is 0.646. The average Bonchev–Trinajstić information content (AvgIpc) is 2.22. The minimum Gasteiger partial charge on any atom is -0.320 e. The molecule has 0 aromatic heterocycles. The molecule has 0 radical (unpaired) electrons. The number of benzene rings is 1. The summed E-state index contributed by atoms with van der Waals surface area (Å²) in [6.45, 7) is 4.08. The molecule has 0 bridgehead atoms. The molecule has 1 rings (SSSR count). The van der Waals surface area contributed by atoms with Gasteiger partial charge in [-0.05, 0) is 31.4 Å². The van der Waals surface area contributed by atoms with Crippen molar-refractivity contribution >= 4 is 5.91 Å². The Kier molecular flexibility index (Phi) is 4.46. The van der Waals surface area contributed by atoms with Crippen LogP contribution < -0.4 is 16.6 Å². The van der Waals surface area contributed by atoms with E-state index in [2.05, 4.69) is 16.9 Å². The highest BCUT2D eigenvalue weighted by molar-refractivity contribution is 5.81. The third kappa shape index (κ3) is 3.32. The van der Waals surface area contributed by atoms with Crippen molar-refractivity contribution in [3.63, 3.8) is 0 Å². The van der Waals surface area contributed by atoms with Gasteiger partial charge in [-0.1, -0.05) is 23.8 Å². The maximum Gasteiger partial charge on any atom is 0.251 e. The fourth-order valence-corrected chi connectivity index (χ4v) is 1.62. The third-order valence-corrected chi connectivity index (χ3v) is 2.52. The predicted octanol–water partition coefficient (Wildman–Crippen LogP) is 0.424. The highest BCUT2D eigenvalue weighted by atomic mass is 16.2. The number of carbonyl (C=O) groups excluding carboxylic acids is 1. The summed E-state index contributed by atoms with van der Waals surface area (Å²) in [7, 11) is 1.64. The average molecular weight is 221 g/mol. The van der Waals surface area contributed by atoms with E-state index in [1.54, 1.807) is 7.05 Å². The standard InChI is InChI=1S/C12H19N3O/c1-8-4-5-10(9(2)6-8)7-11(13)12(16)15-14-3/h4-6,11,14H,7,13H2,1-3H3,(H,15,16). The molecule has 4 N–H and O–H groups in total. The molecule has 0 aliphatic heterocycles. The highest BCUT2D eigenvalue weighted by Crippen LogP contribution is 2.12. The predicted molar refractivity (Wildman–Crippen MR) is 64.8 cm³/mol. The molecule has 1 aromatic carbocycles. The molecule has 0 spiro atoms. The van der Waals surface area contributed by atoms with Gasteiger partial charge in [0.1, 0.15) is 0 Å². The zero-order chi connectivity index (χ0) is 12.1. The number of carbonyl (C=O) groups is 1. The number of amides is 1. The van der Waals surface area contributed by atoms with E-state index in [0.717, 1.165) is 5.56 Å². The number of nitrogens with one attached hydrogen (secondary N) is 2. The molecule has 0 fully saturated rings. The third-order valence-electron chi connectivity index (χ3n) is 2.52. The van der Waals surface area contributed by atoms with Crippen molar-refractivity contribution < 1.29 is 4.79 Å². The van der Waals surface area contributed by atoms with Crippen LogP contribution in [0.4, 0.5) is 0 Å². The second-order valence-corrected chi connectivity index (χ2v) is 3.98. The molecule has 0 heterocycles. The van der Waals surface area contributed by atoms with Crippen LogP contribution in [-0.2, 0) is 11.2 Å². The summed E-state index contributed by atoms with van der Waals surface area (Å²) in [4.78, 5) is 11.4. The van der Waals surface area contributed by atoms with Crippen LogP contribution in [0.1, 0.15) is 16.7 Å². The van der Waals surface area contributed by atoms with Gasteiger partial charge in [0.25, 0.3) is 5.91 Å². The number of hydrogen-bond donors (Lipinski definition) is 3. The Labute approximate surface area is 96.2 Å². The zero-order valence-corrected chi connectivity index (χ0v) is 10.0. The van der Waals surface area contributed by atoms with Crippen LogP contribution in [-0.4, -0.2) is 19.0 Å². The molecule has 1 amide bonds. The van der Waals surface area contributed by atoms with Crippen molar-refractivity contribution in [2.45, 2.75) is 26.3 Å². The first kappa shape index (κ1) is 12.7. The molecule has 1 unspecified atom stereocenters. The van der Waals surface area contributed by atoms with Crippen LogP contribution in [0.3, 0.4) is 0 Å². The highest BCUT2D eigenvalue weighted by Gasteiger charge is 2.14. The molecule has 1 atom stereocenters. The molecule has 0 saturated heterocycles. The maximum absolute atomic E-state index is 11.4. The number of hydrogen-bond acceptors (Lipinski definition) is 3. The molecule has 16 heavy (non-hydrogen) atoms. The minimum atomic E-state index is -0.520. The van der Waals surface area contributed by atoms with Gasteiger partial charge in [-0.3, -0.25) is 10.2 Å². The van der Waals surface area contributed by atoms with Crippen molar-refractivity contribution in [2.24, 2.45) is 5.73 Å². The van der Waals surface area contributed by atoms with Gasteiger partial charge in [0, 0.05) is 7.05 Å². The molecule has 1 aromatic rings. The first-order chi connectivity index (χ1) is 7.54. The Balaban J connectivity index is 2.69. The number of hydrazine groups is 1. The molecule has 0 saturated carbocycles. The van der Waals surface area contributed by atoms with Gasteiger partial charge in [-0.25, -0.2) is 5.43 Å². The molecule has 4 heteroatoms. The second kappa shape index (κ2) is 5.63. The van der Waals surface area contributed by atoms with Crippen molar-refractivity contribution in [1.82, 2.24) is 10.9 Å². The lowest BCUT2D eigenvalue weighted by molar-refractivity contribution is -0.123. The summed E-state index contributed by atoms with van der Waals surface area (Å²) in [5.41, 5.74) is 14.4. The summed E-state index contributed by atoms with van der Waals surface area (Å²) in [5.74, 6) is -0.192. The summed E-state index contributed by atoms with van der Waals surface area (Å²) in [6, 6.07) is 5.63. The van der Waals surface area contributed by atoms with E-state index in [0.29, 0.717) is 6.42 Å². The number of aryl methyl sites for hydroxylation is 2. The first-order valence-electron chi connectivity index (χ1n) is 5.33. The Morgan fingerprint density at radius 1 is 1.44 bits per heavy atom. The van der Waals surface area contributed by atoms with Crippen LogP contribution in [0.15, 0.2) is 18.2 Å². The van der Waals surface area contributed by atoms with Crippen LogP contribution in [0.5, 0.6) is 0 Å². The molecule has 0 aliphatic rings. The van der Waals surface area contributed by atoms with Crippen molar-refractivity contribution in [3.05, 3.63) is 34.9 Å². The number of nitrogens with two attached hydrogens (primary N) is 1. The van der Waals surface area contributed by atoms with Crippen LogP contribution in [0, 0.1) is 13.8 Å². The van der Waals surface area contributed by atoms with Crippen molar-refractivity contribution in [1.29, 1.82) is 0 Å². The Morgan fingerprint density at radius 2 is 2.12 bits per heavy atom. The van der Waals surface area contributed by atoms with Gasteiger partial charge in [-0.15, -0.1) is 0 Å². The Morgan fingerprint density at radius 3 is 2.69 bits per heavy atom. The smallest absolute Gasteiger partial charge is 0.251 e. The summed E-state index contributed by atoms with van der Waals surface area (Å²) < 4.78 is 0. The van der Waals surface area contributed by atoms with Crippen LogP contribution >= 0.6 is 0 Å². The van der Waals surface area contributed by atoms with E-state index in [1.165, 1.54) is 11.1 Å². The SMILES string of the molecule is CNNC(=O)C(N)Cc1ccc(C)cc1C. The van der Waals surface area contributed by atoms with E-state index >= 15 is 0 Å². The molecule has 4 nitrogen and oxygen atoms in total. The van der Waals surface area contributed by atoms with E-state index in [-0.39, 0.29) is 5.91 Å². The van der Waals surface area contributed by atoms with Gasteiger partial charge in [0.2, 0.25) is 0 Å². The van der Waals surface area contributed by atoms with Crippen molar-refractivity contribution in [2.75, 3.05) is 7.05 Å². The van der Waals surface area contributed by atoms with E-state index in [4.69, 9.17) is 5.73 Å². The summed E-state index contributed by atoms with van der Waals surface area (Å²) in [6.07, 6.45) is 0.555. The molecule has 88 valence electrons. The van der Waals surface area contributed by atoms with E-state index < -0.39 is 6.04 Å². The van der Waals surface area contributed by atoms with Gasteiger partial charge >= 0.3 is 0 Å². The Bertz CT molecular complexity index is 377. The maximum atomic E-state index is 11.4. The van der Waals surface area contributed by atoms with Crippen LogP contribution in [0.25, 0.3) is 0 Å². The lowest BCUT2D eigenvalue weighted by atomic mass is 9.99. The Hall–Kier alpha value is -1.39. The summed E-state index contributed by atoms with van der Waals surface area (Å²) >= 11 is 0. The fraction of sp³-hybridized carbons (Fsp3) is 0.417. The van der Waals surface area contributed by atoms with Gasteiger partial charge < -0.3 is 5.73 Å². The summed E-state index contributed by atoms with van der Waals surface area (Å²) in [5, 5.41) is 0.